The third kappa shape index (κ3) is 4.06. The molecular formula is C18H24N4OS. The SMILES string of the molecule is CN(C)c1ccc(C(=O)NCC2CCCN(c3nccs3)C2)cc1. The maximum atomic E-state index is 12.3. The normalized spacial score (nSPS) is 17.6. The van der Waals surface area contributed by atoms with Crippen LogP contribution >= 0.6 is 11.3 Å². The van der Waals surface area contributed by atoms with Crippen molar-refractivity contribution in [2.24, 2.45) is 5.92 Å². The summed E-state index contributed by atoms with van der Waals surface area (Å²) in [5, 5.41) is 6.19. The molecule has 1 saturated heterocycles. The van der Waals surface area contributed by atoms with Crippen molar-refractivity contribution in [2.75, 3.05) is 43.5 Å². The van der Waals surface area contributed by atoms with Gasteiger partial charge in [0.25, 0.3) is 5.91 Å². The highest BCUT2D eigenvalue weighted by Crippen LogP contribution is 2.24. The van der Waals surface area contributed by atoms with Crippen molar-refractivity contribution < 1.29 is 4.79 Å². The van der Waals surface area contributed by atoms with Crippen molar-refractivity contribution in [3.05, 3.63) is 41.4 Å². The summed E-state index contributed by atoms with van der Waals surface area (Å²) in [5.74, 6) is 0.485. The van der Waals surface area contributed by atoms with Crippen molar-refractivity contribution >= 4 is 28.1 Å². The van der Waals surface area contributed by atoms with E-state index in [1.165, 1.54) is 0 Å². The molecule has 3 rings (SSSR count). The number of hydrogen-bond acceptors (Lipinski definition) is 5. The number of rotatable bonds is 5. The molecule has 2 heterocycles. The van der Waals surface area contributed by atoms with Gasteiger partial charge in [-0.25, -0.2) is 4.98 Å². The van der Waals surface area contributed by atoms with Crippen LogP contribution in [-0.2, 0) is 0 Å². The van der Waals surface area contributed by atoms with Gasteiger partial charge in [0.15, 0.2) is 5.13 Å². The van der Waals surface area contributed by atoms with Gasteiger partial charge in [-0.1, -0.05) is 0 Å². The fourth-order valence-electron chi connectivity index (χ4n) is 3.03. The maximum Gasteiger partial charge on any atom is 0.251 e. The lowest BCUT2D eigenvalue weighted by molar-refractivity contribution is 0.0945. The summed E-state index contributed by atoms with van der Waals surface area (Å²) in [4.78, 5) is 21.1. The first-order valence-electron chi connectivity index (χ1n) is 8.33. The van der Waals surface area contributed by atoms with Crippen molar-refractivity contribution in [3.63, 3.8) is 0 Å². The van der Waals surface area contributed by atoms with Gasteiger partial charge in [0.05, 0.1) is 0 Å². The Bertz CT molecular complexity index is 654. The highest BCUT2D eigenvalue weighted by molar-refractivity contribution is 7.13. The lowest BCUT2D eigenvalue weighted by Crippen LogP contribution is -2.41. The fraction of sp³-hybridized carbons (Fsp3) is 0.444. The van der Waals surface area contributed by atoms with Gasteiger partial charge >= 0.3 is 0 Å². The monoisotopic (exact) mass is 344 g/mol. The molecule has 0 spiro atoms. The standard InChI is InChI=1S/C18H24N4OS/c1-21(2)16-7-5-15(6-8-16)17(23)20-12-14-4-3-10-22(13-14)18-19-9-11-24-18/h5-9,11,14H,3-4,10,12-13H2,1-2H3,(H,20,23). The maximum absolute atomic E-state index is 12.3. The number of carbonyl (C=O) groups excluding carboxylic acids is 1. The molecule has 128 valence electrons. The molecule has 1 amide bonds. The van der Waals surface area contributed by atoms with Crippen molar-refractivity contribution in [1.29, 1.82) is 0 Å². The summed E-state index contributed by atoms with van der Waals surface area (Å²) in [6.45, 7) is 2.74. The summed E-state index contributed by atoms with van der Waals surface area (Å²) in [7, 11) is 3.98. The van der Waals surface area contributed by atoms with E-state index in [1.54, 1.807) is 11.3 Å². The van der Waals surface area contributed by atoms with E-state index in [1.807, 2.05) is 54.8 Å². The van der Waals surface area contributed by atoms with E-state index in [2.05, 4.69) is 15.2 Å². The number of thiazole rings is 1. The predicted octanol–water partition coefficient (Wildman–Crippen LogP) is 2.86. The average molecular weight is 344 g/mol. The third-order valence-electron chi connectivity index (χ3n) is 4.41. The van der Waals surface area contributed by atoms with Gasteiger partial charge in [-0.2, -0.15) is 0 Å². The molecular weight excluding hydrogens is 320 g/mol. The van der Waals surface area contributed by atoms with Crippen LogP contribution in [0.15, 0.2) is 35.8 Å². The van der Waals surface area contributed by atoms with E-state index < -0.39 is 0 Å². The number of nitrogens with one attached hydrogen (secondary N) is 1. The van der Waals surface area contributed by atoms with Gasteiger partial charge in [-0.3, -0.25) is 4.79 Å². The minimum atomic E-state index is 0.00618. The predicted molar refractivity (Wildman–Crippen MR) is 100 cm³/mol. The second-order valence-electron chi connectivity index (χ2n) is 6.42. The molecule has 1 aromatic carbocycles. The first-order valence-corrected chi connectivity index (χ1v) is 9.21. The lowest BCUT2D eigenvalue weighted by atomic mass is 9.98. The van der Waals surface area contributed by atoms with Crippen molar-refractivity contribution in [3.8, 4) is 0 Å². The Balaban J connectivity index is 1.52. The van der Waals surface area contributed by atoms with Crippen molar-refractivity contribution in [2.45, 2.75) is 12.8 Å². The van der Waals surface area contributed by atoms with E-state index >= 15 is 0 Å². The first kappa shape index (κ1) is 16.8. The average Bonchev–Trinajstić information content (AvgIpc) is 3.15. The molecule has 6 heteroatoms. The van der Waals surface area contributed by atoms with Crippen LogP contribution in [0.25, 0.3) is 0 Å². The number of carbonyl (C=O) groups is 1. The molecule has 1 N–H and O–H groups in total. The zero-order valence-electron chi connectivity index (χ0n) is 14.2. The van der Waals surface area contributed by atoms with Crippen LogP contribution in [0.1, 0.15) is 23.2 Å². The van der Waals surface area contributed by atoms with Crippen molar-refractivity contribution in [1.82, 2.24) is 10.3 Å². The quantitative estimate of drug-likeness (QED) is 0.906. The Morgan fingerprint density at radius 2 is 2.17 bits per heavy atom. The van der Waals surface area contributed by atoms with Gasteiger partial charge in [0.2, 0.25) is 0 Å². The van der Waals surface area contributed by atoms with Crippen LogP contribution in [-0.4, -0.2) is 44.6 Å². The number of benzene rings is 1. The zero-order valence-corrected chi connectivity index (χ0v) is 15.1. The minimum absolute atomic E-state index is 0.00618. The number of nitrogens with zero attached hydrogens (tertiary/aromatic N) is 3. The molecule has 0 radical (unpaired) electrons. The summed E-state index contributed by atoms with van der Waals surface area (Å²) >= 11 is 1.68. The van der Waals surface area contributed by atoms with Crippen LogP contribution in [0.5, 0.6) is 0 Å². The number of anilines is 2. The van der Waals surface area contributed by atoms with Gasteiger partial charge in [0, 0.05) is 56.6 Å². The van der Waals surface area contributed by atoms with E-state index in [0.29, 0.717) is 11.5 Å². The number of hydrogen-bond donors (Lipinski definition) is 1. The van der Waals surface area contributed by atoms with Crippen LogP contribution < -0.4 is 15.1 Å². The Labute approximate surface area is 147 Å². The molecule has 24 heavy (non-hydrogen) atoms. The van der Waals surface area contributed by atoms with E-state index in [-0.39, 0.29) is 5.91 Å². The van der Waals surface area contributed by atoms with Crippen LogP contribution in [0, 0.1) is 5.92 Å². The second-order valence-corrected chi connectivity index (χ2v) is 7.29. The number of amides is 1. The van der Waals surface area contributed by atoms with E-state index in [4.69, 9.17) is 0 Å². The van der Waals surface area contributed by atoms with E-state index in [9.17, 15) is 4.79 Å². The molecule has 0 saturated carbocycles. The second kappa shape index (κ2) is 7.66. The molecule has 0 bridgehead atoms. The summed E-state index contributed by atoms with van der Waals surface area (Å²) < 4.78 is 0. The smallest absolute Gasteiger partial charge is 0.251 e. The molecule has 1 aliphatic heterocycles. The Morgan fingerprint density at radius 1 is 1.38 bits per heavy atom. The zero-order chi connectivity index (χ0) is 16.9. The summed E-state index contributed by atoms with van der Waals surface area (Å²) in [6, 6.07) is 7.71. The highest BCUT2D eigenvalue weighted by atomic mass is 32.1. The molecule has 1 unspecified atom stereocenters. The number of piperidine rings is 1. The van der Waals surface area contributed by atoms with Gasteiger partial charge < -0.3 is 15.1 Å². The first-order chi connectivity index (χ1) is 11.6. The molecule has 2 aromatic rings. The molecule has 1 atom stereocenters. The van der Waals surface area contributed by atoms with Crippen LogP contribution in [0.3, 0.4) is 0 Å². The molecule has 1 aromatic heterocycles. The van der Waals surface area contributed by atoms with Gasteiger partial charge in [-0.05, 0) is 43.0 Å². The Kier molecular flexibility index (Phi) is 5.35. The van der Waals surface area contributed by atoms with Gasteiger partial charge in [-0.15, -0.1) is 11.3 Å². The molecule has 5 nitrogen and oxygen atoms in total. The lowest BCUT2D eigenvalue weighted by Gasteiger charge is -2.32. The highest BCUT2D eigenvalue weighted by Gasteiger charge is 2.22. The molecule has 0 aliphatic carbocycles. The van der Waals surface area contributed by atoms with Crippen LogP contribution in [0.4, 0.5) is 10.8 Å². The van der Waals surface area contributed by atoms with E-state index in [0.717, 1.165) is 43.3 Å². The minimum Gasteiger partial charge on any atom is -0.378 e. The fourth-order valence-corrected chi connectivity index (χ4v) is 3.71. The molecule has 1 aliphatic rings. The van der Waals surface area contributed by atoms with Gasteiger partial charge in [0.1, 0.15) is 0 Å². The largest absolute Gasteiger partial charge is 0.378 e. The Hall–Kier alpha value is -2.08. The third-order valence-corrected chi connectivity index (χ3v) is 5.24. The topological polar surface area (TPSA) is 48.5 Å². The molecule has 1 fully saturated rings. The Morgan fingerprint density at radius 3 is 2.83 bits per heavy atom. The van der Waals surface area contributed by atoms with Crippen LogP contribution in [0.2, 0.25) is 0 Å². The summed E-state index contributed by atoms with van der Waals surface area (Å²) in [5.41, 5.74) is 1.81. The summed E-state index contributed by atoms with van der Waals surface area (Å²) in [6.07, 6.45) is 4.15. The number of aromatic nitrogens is 1.